The lowest BCUT2D eigenvalue weighted by Crippen LogP contribution is -2.49. The highest BCUT2D eigenvalue weighted by atomic mass is 32.2. The minimum atomic E-state index is -0.364. The summed E-state index contributed by atoms with van der Waals surface area (Å²) in [6.07, 6.45) is 0. The molecule has 1 aromatic heterocycles. The number of nitrogens with zero attached hydrogens (tertiary/aromatic N) is 5. The third kappa shape index (κ3) is 5.07. The van der Waals surface area contributed by atoms with Crippen LogP contribution in [0.2, 0.25) is 0 Å². The fraction of sp³-hybridized carbons (Fsp3) is 0.222. The fourth-order valence-corrected chi connectivity index (χ4v) is 5.03. The maximum absolute atomic E-state index is 14.6. The molecule has 2 heterocycles. The molecule has 1 aliphatic rings. The molecule has 3 aromatic carbocycles. The van der Waals surface area contributed by atoms with Crippen molar-refractivity contribution in [3.8, 4) is 17.1 Å². The second-order valence-electron chi connectivity index (χ2n) is 8.45. The van der Waals surface area contributed by atoms with E-state index in [4.69, 9.17) is 0 Å². The third-order valence-corrected chi connectivity index (χ3v) is 7.03. The zero-order chi connectivity index (χ0) is 24.2. The van der Waals surface area contributed by atoms with Gasteiger partial charge in [0.2, 0.25) is 5.91 Å². The van der Waals surface area contributed by atoms with Crippen LogP contribution in [0.1, 0.15) is 5.56 Å². The average molecular weight is 488 g/mol. The van der Waals surface area contributed by atoms with E-state index in [2.05, 4.69) is 27.2 Å². The van der Waals surface area contributed by atoms with Gasteiger partial charge >= 0.3 is 0 Å². The molecule has 0 spiro atoms. The summed E-state index contributed by atoms with van der Waals surface area (Å²) in [5, 5.41) is 9.19. The molecule has 0 radical (unpaired) electrons. The second-order valence-corrected chi connectivity index (χ2v) is 9.39. The van der Waals surface area contributed by atoms with E-state index in [0.717, 1.165) is 24.3 Å². The summed E-state index contributed by atoms with van der Waals surface area (Å²) >= 11 is 1.33. The van der Waals surface area contributed by atoms with Gasteiger partial charge in [-0.2, -0.15) is 0 Å². The first-order chi connectivity index (χ1) is 17.1. The summed E-state index contributed by atoms with van der Waals surface area (Å²) in [4.78, 5) is 17.2. The summed E-state index contributed by atoms with van der Waals surface area (Å²) in [5.74, 6) is 0.358. The van der Waals surface area contributed by atoms with Crippen LogP contribution in [0.3, 0.4) is 0 Å². The maximum Gasteiger partial charge on any atom is 0.233 e. The molecule has 4 aromatic rings. The van der Waals surface area contributed by atoms with Crippen LogP contribution in [0.4, 0.5) is 10.1 Å². The molecule has 8 heteroatoms. The molecule has 35 heavy (non-hydrogen) atoms. The standard InChI is InChI=1S/C27H26FN5OS/c1-20-11-13-22(14-12-20)33-26(23-9-5-6-10-24(23)28)29-30-27(33)35-19-25(34)32-17-15-31(16-18-32)21-7-3-2-4-8-21/h2-14H,15-19H2,1H3. The molecular formula is C27H26FN5OS. The van der Waals surface area contributed by atoms with Gasteiger partial charge in [-0.3, -0.25) is 9.36 Å². The van der Waals surface area contributed by atoms with Gasteiger partial charge in [0.1, 0.15) is 5.82 Å². The molecular weight excluding hydrogens is 461 g/mol. The number of carbonyl (C=O) groups excluding carboxylic acids is 1. The Bertz CT molecular complexity index is 1300. The van der Waals surface area contributed by atoms with Crippen molar-refractivity contribution in [2.75, 3.05) is 36.8 Å². The van der Waals surface area contributed by atoms with Crippen molar-refractivity contribution in [1.82, 2.24) is 19.7 Å². The lowest BCUT2D eigenvalue weighted by Gasteiger charge is -2.36. The first-order valence-electron chi connectivity index (χ1n) is 11.6. The van der Waals surface area contributed by atoms with E-state index < -0.39 is 0 Å². The number of hydrogen-bond acceptors (Lipinski definition) is 5. The number of benzene rings is 3. The summed E-state index contributed by atoms with van der Waals surface area (Å²) in [5.41, 5.74) is 3.50. The van der Waals surface area contributed by atoms with Gasteiger partial charge in [-0.05, 0) is 43.3 Å². The lowest BCUT2D eigenvalue weighted by atomic mass is 10.2. The monoisotopic (exact) mass is 487 g/mol. The van der Waals surface area contributed by atoms with Crippen LogP contribution < -0.4 is 4.90 Å². The molecule has 0 bridgehead atoms. The Morgan fingerprint density at radius 1 is 0.857 bits per heavy atom. The number of anilines is 1. The highest BCUT2D eigenvalue weighted by Gasteiger charge is 2.23. The number of rotatable bonds is 6. The molecule has 0 saturated carbocycles. The van der Waals surface area contributed by atoms with Crippen molar-refractivity contribution in [1.29, 1.82) is 0 Å². The van der Waals surface area contributed by atoms with Crippen LogP contribution in [0, 0.1) is 12.7 Å². The van der Waals surface area contributed by atoms with Gasteiger partial charge in [0, 0.05) is 37.6 Å². The molecule has 6 nitrogen and oxygen atoms in total. The van der Waals surface area contributed by atoms with Crippen LogP contribution in [0.15, 0.2) is 84.0 Å². The Morgan fingerprint density at radius 3 is 2.26 bits per heavy atom. The average Bonchev–Trinajstić information content (AvgIpc) is 3.32. The van der Waals surface area contributed by atoms with Gasteiger partial charge in [0.25, 0.3) is 0 Å². The van der Waals surface area contributed by atoms with E-state index in [-0.39, 0.29) is 17.5 Å². The Hall–Kier alpha value is -3.65. The first kappa shape index (κ1) is 23.1. The van der Waals surface area contributed by atoms with E-state index in [1.165, 1.54) is 23.5 Å². The molecule has 1 saturated heterocycles. The highest BCUT2D eigenvalue weighted by Crippen LogP contribution is 2.30. The molecule has 178 valence electrons. The Morgan fingerprint density at radius 2 is 1.54 bits per heavy atom. The Balaban J connectivity index is 1.32. The van der Waals surface area contributed by atoms with Crippen LogP contribution in [0.25, 0.3) is 17.1 Å². The predicted molar refractivity (Wildman–Crippen MR) is 137 cm³/mol. The minimum Gasteiger partial charge on any atom is -0.368 e. The number of hydrogen-bond donors (Lipinski definition) is 0. The zero-order valence-electron chi connectivity index (χ0n) is 19.5. The smallest absolute Gasteiger partial charge is 0.233 e. The Kier molecular flexibility index (Phi) is 6.81. The van der Waals surface area contributed by atoms with E-state index in [0.29, 0.717) is 29.6 Å². The third-order valence-electron chi connectivity index (χ3n) is 6.12. The van der Waals surface area contributed by atoms with Crippen molar-refractivity contribution in [2.24, 2.45) is 0 Å². The summed E-state index contributed by atoms with van der Waals surface area (Å²) in [6, 6.07) is 24.7. The largest absolute Gasteiger partial charge is 0.368 e. The number of thioether (sulfide) groups is 1. The molecule has 5 rings (SSSR count). The summed E-state index contributed by atoms with van der Waals surface area (Å²) < 4.78 is 16.4. The molecule has 0 N–H and O–H groups in total. The molecule has 1 fully saturated rings. The molecule has 1 aliphatic heterocycles. The highest BCUT2D eigenvalue weighted by molar-refractivity contribution is 7.99. The quantitative estimate of drug-likeness (QED) is 0.365. The molecule has 0 atom stereocenters. The number of piperazine rings is 1. The van der Waals surface area contributed by atoms with Crippen LogP contribution in [-0.2, 0) is 4.79 Å². The van der Waals surface area contributed by atoms with Gasteiger partial charge in [-0.25, -0.2) is 4.39 Å². The molecule has 0 aliphatic carbocycles. The number of aromatic nitrogens is 3. The SMILES string of the molecule is Cc1ccc(-n2c(SCC(=O)N3CCN(c4ccccc4)CC3)nnc2-c2ccccc2F)cc1. The van der Waals surface area contributed by atoms with Crippen LogP contribution in [0.5, 0.6) is 0 Å². The second kappa shape index (κ2) is 10.3. The van der Waals surface area contributed by atoms with E-state index in [1.807, 2.05) is 58.9 Å². The lowest BCUT2D eigenvalue weighted by molar-refractivity contribution is -0.128. The normalized spacial score (nSPS) is 13.8. The number of amides is 1. The number of aryl methyl sites for hydroxylation is 1. The van der Waals surface area contributed by atoms with E-state index in [9.17, 15) is 9.18 Å². The van der Waals surface area contributed by atoms with Crippen LogP contribution >= 0.6 is 11.8 Å². The summed E-state index contributed by atoms with van der Waals surface area (Å²) in [6.45, 7) is 4.98. The van der Waals surface area contributed by atoms with Crippen molar-refractivity contribution < 1.29 is 9.18 Å². The number of carbonyl (C=O) groups is 1. The van der Waals surface area contributed by atoms with Crippen molar-refractivity contribution in [3.05, 3.63) is 90.2 Å². The van der Waals surface area contributed by atoms with Crippen LogP contribution in [-0.4, -0.2) is 57.5 Å². The van der Waals surface area contributed by atoms with E-state index >= 15 is 0 Å². The van der Waals surface area contributed by atoms with Gasteiger partial charge < -0.3 is 9.80 Å². The van der Waals surface area contributed by atoms with Gasteiger partial charge in [0.05, 0.1) is 11.3 Å². The van der Waals surface area contributed by atoms with E-state index in [1.54, 1.807) is 18.2 Å². The van der Waals surface area contributed by atoms with Crippen molar-refractivity contribution >= 4 is 23.4 Å². The van der Waals surface area contributed by atoms with Gasteiger partial charge in [-0.1, -0.05) is 59.8 Å². The Labute approximate surface area is 208 Å². The topological polar surface area (TPSA) is 54.3 Å². The summed E-state index contributed by atoms with van der Waals surface area (Å²) in [7, 11) is 0. The zero-order valence-corrected chi connectivity index (χ0v) is 20.3. The first-order valence-corrected chi connectivity index (χ1v) is 12.6. The minimum absolute atomic E-state index is 0.0635. The fourth-order valence-electron chi connectivity index (χ4n) is 4.18. The molecule has 1 amide bonds. The van der Waals surface area contributed by atoms with Gasteiger partial charge in [-0.15, -0.1) is 10.2 Å². The van der Waals surface area contributed by atoms with Crippen molar-refractivity contribution in [2.45, 2.75) is 12.1 Å². The van der Waals surface area contributed by atoms with Crippen molar-refractivity contribution in [3.63, 3.8) is 0 Å². The molecule has 0 unspecified atom stereocenters. The predicted octanol–water partition coefficient (Wildman–Crippen LogP) is 4.82. The van der Waals surface area contributed by atoms with Gasteiger partial charge in [0.15, 0.2) is 11.0 Å². The number of para-hydroxylation sites is 1. The number of halogens is 1. The maximum atomic E-state index is 14.6.